The fourth-order valence-corrected chi connectivity index (χ4v) is 2.81. The molecule has 0 fully saturated rings. The molecule has 26 heavy (non-hydrogen) atoms. The first-order valence-electron chi connectivity index (χ1n) is 8.79. The molecule has 0 unspecified atom stereocenters. The Hall–Kier alpha value is -2.79. The van der Waals surface area contributed by atoms with Gasteiger partial charge in [-0.2, -0.15) is 5.10 Å². The molecule has 1 aromatic heterocycles. The Balaban J connectivity index is 1.66. The van der Waals surface area contributed by atoms with Crippen molar-refractivity contribution in [1.82, 2.24) is 15.1 Å². The molecule has 1 N–H and O–H groups in total. The van der Waals surface area contributed by atoms with E-state index in [2.05, 4.69) is 28.6 Å². The molecule has 0 aliphatic rings. The van der Waals surface area contributed by atoms with Crippen LogP contribution in [0.3, 0.4) is 0 Å². The maximum atomic E-state index is 5.77. The van der Waals surface area contributed by atoms with Crippen molar-refractivity contribution in [2.75, 3.05) is 7.11 Å². The first-order chi connectivity index (χ1) is 12.7. The van der Waals surface area contributed by atoms with Crippen LogP contribution in [-0.4, -0.2) is 23.0 Å². The third-order valence-corrected chi connectivity index (χ3v) is 3.98. The van der Waals surface area contributed by atoms with E-state index < -0.39 is 0 Å². The Morgan fingerprint density at radius 1 is 1.04 bits per heavy atom. The van der Waals surface area contributed by atoms with Gasteiger partial charge in [0, 0.05) is 25.5 Å². The van der Waals surface area contributed by atoms with Gasteiger partial charge in [0.25, 0.3) is 0 Å². The molecule has 1 heterocycles. The largest absolute Gasteiger partial charge is 0.493 e. The van der Waals surface area contributed by atoms with Crippen LogP contribution in [0.4, 0.5) is 0 Å². The zero-order valence-corrected chi connectivity index (χ0v) is 15.5. The van der Waals surface area contributed by atoms with Crippen LogP contribution >= 0.6 is 0 Å². The summed E-state index contributed by atoms with van der Waals surface area (Å²) >= 11 is 0. The fraction of sp³-hybridized carbons (Fsp3) is 0.286. The van der Waals surface area contributed by atoms with E-state index in [0.717, 1.165) is 35.8 Å². The van der Waals surface area contributed by atoms with E-state index in [4.69, 9.17) is 9.47 Å². The molecule has 0 bridgehead atoms. The van der Waals surface area contributed by atoms with Crippen LogP contribution in [-0.2, 0) is 13.1 Å². The lowest BCUT2D eigenvalue weighted by Gasteiger charge is -2.15. The summed E-state index contributed by atoms with van der Waals surface area (Å²) in [4.78, 5) is 0. The molecule has 0 atom stereocenters. The van der Waals surface area contributed by atoms with E-state index in [1.807, 2.05) is 55.1 Å². The van der Waals surface area contributed by atoms with Gasteiger partial charge in [-0.1, -0.05) is 24.3 Å². The van der Waals surface area contributed by atoms with Gasteiger partial charge in [0.1, 0.15) is 0 Å². The smallest absolute Gasteiger partial charge is 0.161 e. The number of benzene rings is 2. The van der Waals surface area contributed by atoms with E-state index in [9.17, 15) is 0 Å². The van der Waals surface area contributed by atoms with Crippen molar-refractivity contribution in [3.05, 3.63) is 72.1 Å². The third kappa shape index (κ3) is 4.43. The summed E-state index contributed by atoms with van der Waals surface area (Å²) in [7, 11) is 1.67. The molecule has 0 amide bonds. The minimum atomic E-state index is 0.117. The standard InChI is InChI=1S/C21H25N3O2/c1-16(2)26-20-10-9-17(13-21(20)25-3)14-22-15-18-7-4-5-8-19(18)24-12-6-11-23-24/h4-13,16,22H,14-15H2,1-3H3. The predicted molar refractivity (Wildman–Crippen MR) is 103 cm³/mol. The van der Waals surface area contributed by atoms with Crippen molar-refractivity contribution >= 4 is 0 Å². The summed E-state index contributed by atoms with van der Waals surface area (Å²) in [5, 5.41) is 7.82. The molecule has 0 saturated heterocycles. The molecule has 0 aliphatic carbocycles. The van der Waals surface area contributed by atoms with Crippen LogP contribution in [0.15, 0.2) is 60.9 Å². The lowest BCUT2D eigenvalue weighted by molar-refractivity contribution is 0.230. The van der Waals surface area contributed by atoms with E-state index in [1.54, 1.807) is 13.3 Å². The molecule has 0 aliphatic heterocycles. The van der Waals surface area contributed by atoms with Gasteiger partial charge in [-0.05, 0) is 49.2 Å². The zero-order valence-electron chi connectivity index (χ0n) is 15.5. The minimum Gasteiger partial charge on any atom is -0.493 e. The number of nitrogens with one attached hydrogen (secondary N) is 1. The van der Waals surface area contributed by atoms with E-state index in [0.29, 0.717) is 0 Å². The topological polar surface area (TPSA) is 48.3 Å². The van der Waals surface area contributed by atoms with Gasteiger partial charge in [0.15, 0.2) is 11.5 Å². The summed E-state index contributed by atoms with van der Waals surface area (Å²) in [5.74, 6) is 1.53. The molecule has 3 rings (SSSR count). The number of ether oxygens (including phenoxy) is 2. The van der Waals surface area contributed by atoms with Crippen molar-refractivity contribution in [2.24, 2.45) is 0 Å². The average Bonchev–Trinajstić information content (AvgIpc) is 3.17. The third-order valence-electron chi connectivity index (χ3n) is 3.98. The Morgan fingerprint density at radius 3 is 2.62 bits per heavy atom. The van der Waals surface area contributed by atoms with Gasteiger partial charge in [-0.15, -0.1) is 0 Å². The molecule has 2 aromatic carbocycles. The summed E-state index contributed by atoms with van der Waals surface area (Å²) in [6.07, 6.45) is 3.86. The van der Waals surface area contributed by atoms with Gasteiger partial charge in [-0.25, -0.2) is 4.68 Å². The van der Waals surface area contributed by atoms with Crippen LogP contribution in [0.25, 0.3) is 5.69 Å². The number of para-hydroxylation sites is 1. The normalized spacial score (nSPS) is 10.9. The van der Waals surface area contributed by atoms with E-state index in [-0.39, 0.29) is 6.10 Å². The highest BCUT2D eigenvalue weighted by Crippen LogP contribution is 2.29. The molecular weight excluding hydrogens is 326 g/mol. The summed E-state index contributed by atoms with van der Waals surface area (Å²) in [5.41, 5.74) is 3.43. The Kier molecular flexibility index (Phi) is 5.92. The SMILES string of the molecule is COc1cc(CNCc2ccccc2-n2cccn2)ccc1OC(C)C. The van der Waals surface area contributed by atoms with Crippen LogP contribution in [0, 0.1) is 0 Å². The predicted octanol–water partition coefficient (Wildman–Crippen LogP) is 3.96. The second-order valence-corrected chi connectivity index (χ2v) is 6.33. The highest BCUT2D eigenvalue weighted by molar-refractivity contribution is 5.43. The van der Waals surface area contributed by atoms with Gasteiger partial charge in [0.05, 0.1) is 18.9 Å². The maximum Gasteiger partial charge on any atom is 0.161 e. The second-order valence-electron chi connectivity index (χ2n) is 6.33. The first-order valence-corrected chi connectivity index (χ1v) is 8.79. The second kappa shape index (κ2) is 8.54. The fourth-order valence-electron chi connectivity index (χ4n) is 2.81. The highest BCUT2D eigenvalue weighted by atomic mass is 16.5. The summed E-state index contributed by atoms with van der Waals surface area (Å²) in [6.45, 7) is 5.51. The molecule has 5 nitrogen and oxygen atoms in total. The molecular formula is C21H25N3O2. The van der Waals surface area contributed by atoms with Crippen LogP contribution in [0.2, 0.25) is 0 Å². The Labute approximate surface area is 154 Å². The molecule has 3 aromatic rings. The summed E-state index contributed by atoms with van der Waals surface area (Å²) in [6, 6.07) is 16.2. The number of rotatable bonds is 8. The minimum absolute atomic E-state index is 0.117. The van der Waals surface area contributed by atoms with Gasteiger partial charge in [0.2, 0.25) is 0 Å². The lowest BCUT2D eigenvalue weighted by atomic mass is 10.1. The Bertz CT molecular complexity index is 829. The van der Waals surface area contributed by atoms with Crippen LogP contribution in [0.5, 0.6) is 11.5 Å². The number of methoxy groups -OCH3 is 1. The number of nitrogens with zero attached hydrogens (tertiary/aromatic N) is 2. The highest BCUT2D eigenvalue weighted by Gasteiger charge is 2.08. The number of hydrogen-bond donors (Lipinski definition) is 1. The number of hydrogen-bond acceptors (Lipinski definition) is 4. The van der Waals surface area contributed by atoms with Crippen LogP contribution in [0.1, 0.15) is 25.0 Å². The molecule has 136 valence electrons. The average molecular weight is 351 g/mol. The zero-order chi connectivity index (χ0) is 18.4. The van der Waals surface area contributed by atoms with Crippen molar-refractivity contribution in [1.29, 1.82) is 0 Å². The molecule has 5 heteroatoms. The van der Waals surface area contributed by atoms with Crippen molar-refractivity contribution < 1.29 is 9.47 Å². The van der Waals surface area contributed by atoms with Crippen molar-refractivity contribution in [3.8, 4) is 17.2 Å². The lowest BCUT2D eigenvalue weighted by Crippen LogP contribution is -2.15. The summed E-state index contributed by atoms with van der Waals surface area (Å²) < 4.78 is 13.1. The number of aromatic nitrogens is 2. The van der Waals surface area contributed by atoms with Gasteiger partial charge < -0.3 is 14.8 Å². The molecule has 0 spiro atoms. The maximum absolute atomic E-state index is 5.77. The first kappa shape index (κ1) is 18.0. The molecule has 0 saturated carbocycles. The van der Waals surface area contributed by atoms with Crippen molar-refractivity contribution in [3.63, 3.8) is 0 Å². The van der Waals surface area contributed by atoms with E-state index >= 15 is 0 Å². The quantitative estimate of drug-likeness (QED) is 0.667. The van der Waals surface area contributed by atoms with Gasteiger partial charge >= 0.3 is 0 Å². The van der Waals surface area contributed by atoms with E-state index in [1.165, 1.54) is 5.56 Å². The van der Waals surface area contributed by atoms with Crippen molar-refractivity contribution in [2.45, 2.75) is 33.0 Å². The van der Waals surface area contributed by atoms with Crippen LogP contribution < -0.4 is 14.8 Å². The molecule has 0 radical (unpaired) electrons. The Morgan fingerprint density at radius 2 is 1.88 bits per heavy atom. The van der Waals surface area contributed by atoms with Gasteiger partial charge in [-0.3, -0.25) is 0 Å². The monoisotopic (exact) mass is 351 g/mol.